The van der Waals surface area contributed by atoms with E-state index in [1.807, 2.05) is 104 Å². The molecule has 14 heteroatoms. The number of rotatable bonds is 19. The van der Waals surface area contributed by atoms with Gasteiger partial charge in [-0.2, -0.15) is 9.13 Å². The number of fused-ring (bicyclic) bond motifs is 2. The number of esters is 2. The number of carbonyl (C=O) groups is 2. The summed E-state index contributed by atoms with van der Waals surface area (Å²) < 4.78 is 83.3. The van der Waals surface area contributed by atoms with Crippen molar-refractivity contribution in [2.24, 2.45) is 0 Å². The Kier molecular flexibility index (Phi) is 15.9. The number of ether oxygens (including phenoxy) is 2. The second-order valence-electron chi connectivity index (χ2n) is 18.9. The maximum atomic E-state index is 16.2. The summed E-state index contributed by atoms with van der Waals surface area (Å²) in [5.74, 6) is -2.03. The topological polar surface area (TPSA) is 142 Å². The molecule has 0 spiro atoms. The van der Waals surface area contributed by atoms with Gasteiger partial charge in [-0.3, -0.25) is 0 Å². The molecule has 74 heavy (non-hydrogen) atoms. The zero-order valence-electron chi connectivity index (χ0n) is 43.1. The number of phosphoric acid groups is 2. The van der Waals surface area contributed by atoms with Crippen LogP contribution < -0.4 is 27.1 Å². The molecule has 8 rings (SSSR count). The molecule has 12 nitrogen and oxygen atoms in total. The van der Waals surface area contributed by atoms with Crippen molar-refractivity contribution in [3.8, 4) is 45.6 Å². The average molecular weight is 1040 g/mol. The van der Waals surface area contributed by atoms with E-state index in [2.05, 4.69) is 0 Å². The van der Waals surface area contributed by atoms with E-state index >= 15 is 9.13 Å². The lowest BCUT2D eigenvalue weighted by Gasteiger charge is -2.28. The fourth-order valence-corrected chi connectivity index (χ4v) is 11.5. The molecule has 0 aliphatic rings. The molecule has 8 aromatic carbocycles. The Morgan fingerprint density at radius 2 is 0.622 bits per heavy atom. The van der Waals surface area contributed by atoms with Crippen LogP contribution in [-0.2, 0) is 18.6 Å². The van der Waals surface area contributed by atoms with Crippen molar-refractivity contribution in [1.29, 1.82) is 0 Å². The van der Waals surface area contributed by atoms with Crippen LogP contribution >= 0.6 is 15.6 Å². The summed E-state index contributed by atoms with van der Waals surface area (Å²) in [6, 6.07) is 45.7. The lowest BCUT2D eigenvalue weighted by molar-refractivity contribution is 0.0589. The Morgan fingerprint density at radius 3 is 0.892 bits per heavy atom. The lowest BCUT2D eigenvalue weighted by atomic mass is 9.89. The van der Waals surface area contributed by atoms with E-state index in [0.29, 0.717) is 43.8 Å². The van der Waals surface area contributed by atoms with Crippen LogP contribution in [0.2, 0.25) is 0 Å². The van der Waals surface area contributed by atoms with Gasteiger partial charge in [-0.15, -0.1) is 0 Å². The number of methoxy groups -OCH3 is 2. The smallest absolute Gasteiger partial charge is 0.465 e. The van der Waals surface area contributed by atoms with Crippen molar-refractivity contribution >= 4 is 49.1 Å². The van der Waals surface area contributed by atoms with Gasteiger partial charge in [-0.25, -0.2) is 9.59 Å². The normalized spacial score (nSPS) is 11.8. The zero-order valence-corrected chi connectivity index (χ0v) is 44.9. The van der Waals surface area contributed by atoms with Gasteiger partial charge in [0, 0.05) is 11.1 Å². The standard InChI is InChI=1S/C60H60O12P2/c1-37(2)43-25-15-19-31-51(43)67-73(63,68-52-32-20-16-26-44(52)38(3)4)71-57-49(59(61)65-9)35-41-23-11-13-29-47(41)55(57)56-48-30-14-12-24-42(48)36-50(60(62)66-10)58(56)72-74(64,69-53-33-21-17-27-45(53)39(5)6)70-54-34-22-18-28-46(54)40(7)8/h11-40H,1-10H3. The summed E-state index contributed by atoms with van der Waals surface area (Å²) >= 11 is 0. The van der Waals surface area contributed by atoms with Gasteiger partial charge in [0.25, 0.3) is 0 Å². The average Bonchev–Trinajstić information content (AvgIpc) is 3.38. The summed E-state index contributed by atoms with van der Waals surface area (Å²) in [4.78, 5) is 28.9. The number of para-hydroxylation sites is 4. The highest BCUT2D eigenvalue weighted by atomic mass is 31.2. The van der Waals surface area contributed by atoms with Crippen LogP contribution in [0.5, 0.6) is 34.5 Å². The van der Waals surface area contributed by atoms with Crippen molar-refractivity contribution in [3.63, 3.8) is 0 Å². The van der Waals surface area contributed by atoms with Crippen LogP contribution in [0.1, 0.15) is 122 Å². The second kappa shape index (κ2) is 22.3. The Balaban J connectivity index is 1.50. The first-order valence-electron chi connectivity index (χ1n) is 24.5. The Labute approximate surface area is 432 Å². The van der Waals surface area contributed by atoms with Gasteiger partial charge in [-0.1, -0.05) is 177 Å². The first kappa shape index (κ1) is 52.8. The molecule has 0 bridgehead atoms. The number of benzene rings is 8. The first-order valence-corrected chi connectivity index (χ1v) is 27.4. The molecule has 0 saturated heterocycles. The quantitative estimate of drug-likeness (QED) is 0.0562. The molecule has 0 N–H and O–H groups in total. The number of carbonyl (C=O) groups excluding carboxylic acids is 2. The van der Waals surface area contributed by atoms with E-state index in [0.717, 1.165) is 0 Å². The molecule has 0 aromatic heterocycles. The van der Waals surface area contributed by atoms with Crippen molar-refractivity contribution in [2.45, 2.75) is 79.1 Å². The summed E-state index contributed by atoms with van der Waals surface area (Å²) in [7, 11) is -7.66. The first-order chi connectivity index (χ1) is 35.4. The van der Waals surface area contributed by atoms with E-state index in [9.17, 15) is 9.59 Å². The highest BCUT2D eigenvalue weighted by molar-refractivity contribution is 7.50. The molecule has 0 aliphatic carbocycles. The third kappa shape index (κ3) is 11.2. The monoisotopic (exact) mass is 1030 g/mol. The Hall–Kier alpha value is -7.52. The largest absolute Gasteiger partial charge is 0.647 e. The van der Waals surface area contributed by atoms with Crippen molar-refractivity contribution < 1.29 is 55.3 Å². The molecule has 0 aliphatic heterocycles. The van der Waals surface area contributed by atoms with E-state index in [4.69, 9.17) is 36.6 Å². The van der Waals surface area contributed by atoms with Gasteiger partial charge in [0.05, 0.1) is 14.2 Å². The highest BCUT2D eigenvalue weighted by Crippen LogP contribution is 2.60. The van der Waals surface area contributed by atoms with Crippen LogP contribution in [0, 0.1) is 0 Å². The maximum Gasteiger partial charge on any atom is 0.647 e. The van der Waals surface area contributed by atoms with Gasteiger partial charge in [0.15, 0.2) is 11.5 Å². The maximum absolute atomic E-state index is 16.2. The number of hydrogen-bond acceptors (Lipinski definition) is 12. The van der Waals surface area contributed by atoms with Gasteiger partial charge in [0.1, 0.15) is 34.1 Å². The number of hydrogen-bond donors (Lipinski definition) is 0. The molecule has 0 atom stereocenters. The molecule has 8 aromatic rings. The predicted octanol–water partition coefficient (Wildman–Crippen LogP) is 17.0. The van der Waals surface area contributed by atoms with E-state index in [1.165, 1.54) is 14.2 Å². The minimum Gasteiger partial charge on any atom is -0.465 e. The predicted molar refractivity (Wildman–Crippen MR) is 291 cm³/mol. The molecular weight excluding hydrogens is 975 g/mol. The third-order valence-corrected chi connectivity index (χ3v) is 15.0. The molecular formula is C60H60O12P2. The molecule has 0 amide bonds. The van der Waals surface area contributed by atoms with Crippen LogP contribution in [0.3, 0.4) is 0 Å². The van der Waals surface area contributed by atoms with Gasteiger partial charge >= 0.3 is 27.6 Å². The van der Waals surface area contributed by atoms with Crippen LogP contribution in [0.15, 0.2) is 158 Å². The van der Waals surface area contributed by atoms with Crippen molar-refractivity contribution in [1.82, 2.24) is 0 Å². The second-order valence-corrected chi connectivity index (χ2v) is 21.8. The minimum absolute atomic E-state index is 0.0545. The summed E-state index contributed by atoms with van der Waals surface area (Å²) in [6.07, 6.45) is 0. The minimum atomic E-state index is -5.04. The van der Waals surface area contributed by atoms with Crippen LogP contribution in [0.4, 0.5) is 0 Å². The van der Waals surface area contributed by atoms with Crippen molar-refractivity contribution in [2.75, 3.05) is 14.2 Å². The molecule has 0 radical (unpaired) electrons. The van der Waals surface area contributed by atoms with Crippen molar-refractivity contribution in [3.05, 3.63) is 191 Å². The summed E-state index contributed by atoms with van der Waals surface area (Å²) in [5.41, 5.74) is 2.51. The summed E-state index contributed by atoms with van der Waals surface area (Å²) in [5, 5.41) is 1.81. The van der Waals surface area contributed by atoms with Gasteiger partial charge in [-0.05, 0) is 104 Å². The number of phosphoric ester groups is 2. The zero-order chi connectivity index (χ0) is 52.9. The lowest BCUT2D eigenvalue weighted by Crippen LogP contribution is -2.15. The van der Waals surface area contributed by atoms with Gasteiger partial charge in [0.2, 0.25) is 0 Å². The highest BCUT2D eigenvalue weighted by Gasteiger charge is 2.42. The summed E-state index contributed by atoms with van der Waals surface area (Å²) in [6.45, 7) is 15.7. The fourth-order valence-electron chi connectivity index (χ4n) is 8.85. The van der Waals surface area contributed by atoms with Crippen LogP contribution in [-0.4, -0.2) is 26.2 Å². The van der Waals surface area contributed by atoms with Crippen LogP contribution in [0.25, 0.3) is 32.7 Å². The molecule has 382 valence electrons. The molecule has 0 unspecified atom stereocenters. The third-order valence-electron chi connectivity index (χ3n) is 12.5. The SMILES string of the molecule is COC(=O)c1cc2ccccc2c(-c2c(OP(=O)(Oc3ccccc3C(C)C)Oc3ccccc3C(C)C)c(C(=O)OC)cc3ccccc23)c1OP(=O)(Oc1ccccc1C(C)C)Oc1ccccc1C(C)C. The fraction of sp³-hybridized carbons (Fsp3) is 0.233. The molecule has 0 heterocycles. The van der Waals surface area contributed by atoms with Gasteiger partial charge < -0.3 is 36.6 Å². The Morgan fingerprint density at radius 1 is 0.365 bits per heavy atom. The van der Waals surface area contributed by atoms with E-state index < -0.39 is 27.6 Å². The molecule has 0 saturated carbocycles. The molecule has 0 fully saturated rings. The van der Waals surface area contributed by atoms with E-state index in [1.54, 1.807) is 109 Å². The van der Waals surface area contributed by atoms with E-state index in [-0.39, 0.29) is 80.4 Å². The Bertz CT molecular complexity index is 3130.